The molecular weight excluding hydrogens is 398 g/mol. The van der Waals surface area contributed by atoms with Crippen molar-refractivity contribution in [3.63, 3.8) is 0 Å². The van der Waals surface area contributed by atoms with E-state index < -0.39 is 18.5 Å². The van der Waals surface area contributed by atoms with E-state index in [2.05, 4.69) is 5.32 Å². The Bertz CT molecular complexity index is 1090. The van der Waals surface area contributed by atoms with Crippen molar-refractivity contribution in [1.82, 2.24) is 5.32 Å². The SMILES string of the molecule is COc1cc(OC)c(C(=O)OCC(=O)N[C@@H](C)c2cccc3ccccc23)cc1OC. The van der Waals surface area contributed by atoms with Crippen molar-refractivity contribution in [3.05, 3.63) is 65.7 Å². The smallest absolute Gasteiger partial charge is 0.342 e. The van der Waals surface area contributed by atoms with Crippen LogP contribution in [0, 0.1) is 0 Å². The summed E-state index contributed by atoms with van der Waals surface area (Å²) in [6.07, 6.45) is 0. The first kappa shape index (κ1) is 22.0. The van der Waals surface area contributed by atoms with E-state index in [1.807, 2.05) is 49.4 Å². The number of hydrogen-bond donors (Lipinski definition) is 1. The molecule has 31 heavy (non-hydrogen) atoms. The number of ether oxygens (including phenoxy) is 4. The van der Waals surface area contributed by atoms with Crippen LogP contribution in [0.5, 0.6) is 17.2 Å². The second-order valence-electron chi connectivity index (χ2n) is 6.84. The van der Waals surface area contributed by atoms with Crippen LogP contribution >= 0.6 is 0 Å². The molecule has 0 unspecified atom stereocenters. The van der Waals surface area contributed by atoms with Crippen LogP contribution < -0.4 is 19.5 Å². The first-order valence-corrected chi connectivity index (χ1v) is 9.72. The van der Waals surface area contributed by atoms with Gasteiger partial charge in [0.1, 0.15) is 11.3 Å². The molecule has 0 bridgehead atoms. The number of hydrogen-bond acceptors (Lipinski definition) is 6. The highest BCUT2D eigenvalue weighted by molar-refractivity contribution is 5.95. The zero-order valence-electron chi connectivity index (χ0n) is 17.9. The average molecular weight is 423 g/mol. The van der Waals surface area contributed by atoms with Gasteiger partial charge in [-0.15, -0.1) is 0 Å². The van der Waals surface area contributed by atoms with Crippen LogP contribution in [0.4, 0.5) is 0 Å². The third kappa shape index (κ3) is 4.88. The molecule has 0 saturated carbocycles. The minimum atomic E-state index is -0.703. The number of methoxy groups -OCH3 is 3. The second kappa shape index (κ2) is 9.84. The van der Waals surface area contributed by atoms with Gasteiger partial charge in [0.15, 0.2) is 18.1 Å². The Hall–Kier alpha value is -3.74. The van der Waals surface area contributed by atoms with Gasteiger partial charge >= 0.3 is 5.97 Å². The van der Waals surface area contributed by atoms with Gasteiger partial charge in [0, 0.05) is 12.1 Å². The molecule has 1 atom stereocenters. The molecule has 1 N–H and O–H groups in total. The van der Waals surface area contributed by atoms with Crippen LogP contribution in [0.1, 0.15) is 28.9 Å². The molecule has 0 aliphatic rings. The third-order valence-corrected chi connectivity index (χ3v) is 4.93. The number of benzene rings is 3. The molecule has 0 fully saturated rings. The fourth-order valence-corrected chi connectivity index (χ4v) is 3.39. The van der Waals surface area contributed by atoms with E-state index in [-0.39, 0.29) is 17.4 Å². The summed E-state index contributed by atoms with van der Waals surface area (Å²) in [5, 5.41) is 5.02. The van der Waals surface area contributed by atoms with Gasteiger partial charge < -0.3 is 24.3 Å². The highest BCUT2D eigenvalue weighted by Gasteiger charge is 2.20. The lowest BCUT2D eigenvalue weighted by Gasteiger charge is -2.17. The Morgan fingerprint density at radius 3 is 2.23 bits per heavy atom. The second-order valence-corrected chi connectivity index (χ2v) is 6.84. The van der Waals surface area contributed by atoms with Crippen molar-refractivity contribution < 1.29 is 28.5 Å². The normalized spacial score (nSPS) is 11.5. The van der Waals surface area contributed by atoms with Crippen molar-refractivity contribution in [3.8, 4) is 17.2 Å². The first-order chi connectivity index (χ1) is 15.0. The van der Waals surface area contributed by atoms with E-state index in [0.717, 1.165) is 16.3 Å². The summed E-state index contributed by atoms with van der Waals surface area (Å²) in [7, 11) is 4.37. The lowest BCUT2D eigenvalue weighted by Crippen LogP contribution is -2.31. The Morgan fingerprint density at radius 1 is 0.871 bits per heavy atom. The quantitative estimate of drug-likeness (QED) is 0.554. The lowest BCUT2D eigenvalue weighted by molar-refractivity contribution is -0.124. The molecule has 0 aliphatic heterocycles. The van der Waals surface area contributed by atoms with Gasteiger partial charge in [-0.2, -0.15) is 0 Å². The molecule has 0 aromatic heterocycles. The molecule has 0 radical (unpaired) electrons. The Labute approximate surface area is 180 Å². The van der Waals surface area contributed by atoms with Crippen LogP contribution in [0.3, 0.4) is 0 Å². The minimum absolute atomic E-state index is 0.134. The van der Waals surface area contributed by atoms with E-state index >= 15 is 0 Å². The number of carbonyl (C=O) groups is 2. The lowest BCUT2D eigenvalue weighted by atomic mass is 10.00. The number of amides is 1. The Morgan fingerprint density at radius 2 is 1.52 bits per heavy atom. The highest BCUT2D eigenvalue weighted by Crippen LogP contribution is 2.35. The van der Waals surface area contributed by atoms with Gasteiger partial charge in [-0.05, 0) is 23.3 Å². The predicted molar refractivity (Wildman–Crippen MR) is 117 cm³/mol. The van der Waals surface area contributed by atoms with E-state index in [0.29, 0.717) is 11.5 Å². The molecule has 0 aliphatic carbocycles. The van der Waals surface area contributed by atoms with Crippen molar-refractivity contribution >= 4 is 22.6 Å². The number of rotatable bonds is 8. The molecule has 7 heteroatoms. The van der Waals surface area contributed by atoms with Crippen LogP contribution in [0.15, 0.2) is 54.6 Å². The highest BCUT2D eigenvalue weighted by atomic mass is 16.5. The summed E-state index contributed by atoms with van der Waals surface area (Å²) in [6, 6.07) is 16.6. The molecule has 0 heterocycles. The maximum Gasteiger partial charge on any atom is 0.342 e. The minimum Gasteiger partial charge on any atom is -0.496 e. The van der Waals surface area contributed by atoms with Gasteiger partial charge in [-0.25, -0.2) is 4.79 Å². The van der Waals surface area contributed by atoms with E-state index in [9.17, 15) is 9.59 Å². The summed E-state index contributed by atoms with van der Waals surface area (Å²) >= 11 is 0. The largest absolute Gasteiger partial charge is 0.496 e. The number of nitrogens with one attached hydrogen (secondary N) is 1. The third-order valence-electron chi connectivity index (χ3n) is 4.93. The Kier molecular flexibility index (Phi) is 6.97. The summed E-state index contributed by atoms with van der Waals surface area (Å²) in [5.74, 6) is -0.0898. The van der Waals surface area contributed by atoms with Crippen LogP contribution in [-0.4, -0.2) is 39.8 Å². The topological polar surface area (TPSA) is 83.1 Å². The molecule has 162 valence electrons. The van der Waals surface area contributed by atoms with Crippen LogP contribution in [0.25, 0.3) is 10.8 Å². The molecule has 3 aromatic carbocycles. The number of carbonyl (C=O) groups excluding carboxylic acids is 2. The molecule has 3 rings (SSSR count). The van der Waals surface area contributed by atoms with E-state index in [1.54, 1.807) is 0 Å². The van der Waals surface area contributed by atoms with Crippen LogP contribution in [-0.2, 0) is 9.53 Å². The zero-order valence-corrected chi connectivity index (χ0v) is 17.9. The summed E-state index contributed by atoms with van der Waals surface area (Å²) < 4.78 is 20.9. The molecule has 7 nitrogen and oxygen atoms in total. The van der Waals surface area contributed by atoms with Crippen LogP contribution in [0.2, 0.25) is 0 Å². The predicted octanol–water partition coefficient (Wildman–Crippen LogP) is 3.90. The van der Waals surface area contributed by atoms with Crippen molar-refractivity contribution in [2.24, 2.45) is 0 Å². The number of esters is 1. The van der Waals surface area contributed by atoms with Crippen molar-refractivity contribution in [2.75, 3.05) is 27.9 Å². The molecule has 1 amide bonds. The van der Waals surface area contributed by atoms with Gasteiger partial charge in [-0.3, -0.25) is 4.79 Å². The molecule has 3 aromatic rings. The average Bonchev–Trinajstić information content (AvgIpc) is 2.81. The monoisotopic (exact) mass is 423 g/mol. The summed E-state index contributed by atoms with van der Waals surface area (Å²) in [4.78, 5) is 25.0. The van der Waals surface area contributed by atoms with Gasteiger partial charge in [0.2, 0.25) is 0 Å². The Balaban J connectivity index is 1.67. The summed E-state index contributed by atoms with van der Waals surface area (Å²) in [5.41, 5.74) is 1.12. The van der Waals surface area contributed by atoms with Gasteiger partial charge in [-0.1, -0.05) is 42.5 Å². The maximum atomic E-state index is 12.5. The standard InChI is InChI=1S/C24H25NO6/c1-15(17-11-7-9-16-8-5-6-10-18(16)17)25-23(26)14-31-24(27)19-12-21(29-3)22(30-4)13-20(19)28-2/h5-13,15H,14H2,1-4H3,(H,25,26)/t15-/m0/s1. The fourth-order valence-electron chi connectivity index (χ4n) is 3.39. The molecule has 0 spiro atoms. The van der Waals surface area contributed by atoms with E-state index in [1.165, 1.54) is 33.5 Å². The van der Waals surface area contributed by atoms with Crippen molar-refractivity contribution in [1.29, 1.82) is 0 Å². The first-order valence-electron chi connectivity index (χ1n) is 9.72. The van der Waals surface area contributed by atoms with E-state index in [4.69, 9.17) is 18.9 Å². The van der Waals surface area contributed by atoms with Gasteiger partial charge in [0.05, 0.1) is 27.4 Å². The van der Waals surface area contributed by atoms with Gasteiger partial charge in [0.25, 0.3) is 5.91 Å². The molecule has 0 saturated heterocycles. The molecular formula is C24H25NO6. The number of fused-ring (bicyclic) bond motifs is 1. The fraction of sp³-hybridized carbons (Fsp3) is 0.250. The van der Waals surface area contributed by atoms with Crippen molar-refractivity contribution in [2.45, 2.75) is 13.0 Å². The summed E-state index contributed by atoms with van der Waals surface area (Å²) in [6.45, 7) is 1.46. The maximum absolute atomic E-state index is 12.5. The zero-order chi connectivity index (χ0) is 22.4.